The van der Waals surface area contributed by atoms with Gasteiger partial charge in [-0.15, -0.1) is 0 Å². The number of piperidine rings is 1. The van der Waals surface area contributed by atoms with E-state index in [9.17, 15) is 8.42 Å². The summed E-state index contributed by atoms with van der Waals surface area (Å²) in [5, 5.41) is 3.60. The largest absolute Gasteiger partial charge is 0.307 e. The van der Waals surface area contributed by atoms with Gasteiger partial charge in [0, 0.05) is 17.1 Å². The first-order valence-corrected chi connectivity index (χ1v) is 10.5. The second kappa shape index (κ2) is 6.36. The molecule has 1 saturated heterocycles. The first-order valence-electron chi connectivity index (χ1n) is 9.05. The van der Waals surface area contributed by atoms with Gasteiger partial charge in [0.15, 0.2) is 0 Å². The number of nitrogens with one attached hydrogen (secondary N) is 2. The Bertz CT molecular complexity index is 747. The standard InChI is InChI=1S/C20H34N2O2S/c1-12-13(2)15(4)18(16(5)14(12)3)25(23,24)21-17-10-19(6,7)22-20(8,9)11-17/h17,21-22H,10-11H2,1-9H3. The molecule has 142 valence electrons. The van der Waals surface area contributed by atoms with Crippen LogP contribution in [0.2, 0.25) is 0 Å². The molecule has 1 aliphatic rings. The lowest BCUT2D eigenvalue weighted by atomic mass is 9.80. The van der Waals surface area contributed by atoms with Gasteiger partial charge in [-0.25, -0.2) is 13.1 Å². The van der Waals surface area contributed by atoms with Gasteiger partial charge in [-0.2, -0.15) is 0 Å². The average Bonchev–Trinajstić information content (AvgIpc) is 2.38. The van der Waals surface area contributed by atoms with Gasteiger partial charge in [0.1, 0.15) is 0 Å². The lowest BCUT2D eigenvalue weighted by Crippen LogP contribution is -2.62. The molecule has 5 heteroatoms. The quantitative estimate of drug-likeness (QED) is 0.855. The topological polar surface area (TPSA) is 58.2 Å². The molecule has 1 aromatic rings. The molecular weight excluding hydrogens is 332 g/mol. The van der Waals surface area contributed by atoms with Crippen molar-refractivity contribution in [1.82, 2.24) is 10.0 Å². The van der Waals surface area contributed by atoms with E-state index in [1.807, 2.05) is 27.7 Å². The van der Waals surface area contributed by atoms with E-state index in [1.54, 1.807) is 0 Å². The first-order chi connectivity index (χ1) is 11.2. The van der Waals surface area contributed by atoms with Crippen LogP contribution in [0.5, 0.6) is 0 Å². The molecule has 2 rings (SSSR count). The normalized spacial score (nSPS) is 20.7. The molecule has 1 aromatic carbocycles. The SMILES string of the molecule is Cc1c(C)c(C)c(S(=O)(=O)NC2CC(C)(C)NC(C)(C)C2)c(C)c1C. The van der Waals surface area contributed by atoms with Gasteiger partial charge in [0.05, 0.1) is 4.90 Å². The summed E-state index contributed by atoms with van der Waals surface area (Å²) in [7, 11) is -3.56. The highest BCUT2D eigenvalue weighted by Crippen LogP contribution is 2.32. The van der Waals surface area contributed by atoms with Crippen molar-refractivity contribution in [3.63, 3.8) is 0 Å². The maximum atomic E-state index is 13.2. The summed E-state index contributed by atoms with van der Waals surface area (Å²) >= 11 is 0. The zero-order valence-electron chi connectivity index (χ0n) is 17.2. The van der Waals surface area contributed by atoms with Crippen molar-refractivity contribution in [2.75, 3.05) is 0 Å². The van der Waals surface area contributed by atoms with Crippen LogP contribution in [0.1, 0.15) is 68.4 Å². The van der Waals surface area contributed by atoms with Crippen LogP contribution in [0.4, 0.5) is 0 Å². The number of hydrogen-bond acceptors (Lipinski definition) is 3. The van der Waals surface area contributed by atoms with Crippen LogP contribution >= 0.6 is 0 Å². The molecule has 1 heterocycles. The van der Waals surface area contributed by atoms with E-state index in [4.69, 9.17) is 0 Å². The Balaban J connectivity index is 2.44. The summed E-state index contributed by atoms with van der Waals surface area (Å²) in [6.45, 7) is 18.4. The third-order valence-corrected chi connectivity index (χ3v) is 7.51. The minimum Gasteiger partial charge on any atom is -0.307 e. The summed E-state index contributed by atoms with van der Waals surface area (Å²) < 4.78 is 29.5. The number of sulfonamides is 1. The van der Waals surface area contributed by atoms with Crippen molar-refractivity contribution in [2.24, 2.45) is 0 Å². The van der Waals surface area contributed by atoms with Crippen molar-refractivity contribution in [3.05, 3.63) is 27.8 Å². The zero-order valence-corrected chi connectivity index (χ0v) is 18.0. The predicted octanol–water partition coefficient (Wildman–Crippen LogP) is 3.82. The number of hydrogen-bond donors (Lipinski definition) is 2. The molecule has 0 aromatic heterocycles. The lowest BCUT2D eigenvalue weighted by molar-refractivity contribution is 0.157. The van der Waals surface area contributed by atoms with Crippen molar-refractivity contribution in [2.45, 2.75) is 97.2 Å². The van der Waals surface area contributed by atoms with E-state index in [1.165, 1.54) is 5.56 Å². The maximum Gasteiger partial charge on any atom is 0.241 e. The van der Waals surface area contributed by atoms with E-state index >= 15 is 0 Å². The highest BCUT2D eigenvalue weighted by molar-refractivity contribution is 7.89. The van der Waals surface area contributed by atoms with Crippen LogP contribution in [0, 0.1) is 34.6 Å². The van der Waals surface area contributed by atoms with Gasteiger partial charge in [-0.05, 0) is 103 Å². The van der Waals surface area contributed by atoms with Crippen LogP contribution < -0.4 is 10.0 Å². The molecule has 0 saturated carbocycles. The van der Waals surface area contributed by atoms with Gasteiger partial charge >= 0.3 is 0 Å². The molecule has 0 bridgehead atoms. The monoisotopic (exact) mass is 366 g/mol. The average molecular weight is 367 g/mol. The summed E-state index contributed by atoms with van der Waals surface area (Å²) in [5.41, 5.74) is 4.83. The fourth-order valence-corrected chi connectivity index (χ4v) is 6.39. The number of benzene rings is 1. The molecule has 2 N–H and O–H groups in total. The lowest BCUT2D eigenvalue weighted by Gasteiger charge is -2.46. The summed E-state index contributed by atoms with van der Waals surface area (Å²) in [5.74, 6) is 0. The Kier molecular flexibility index (Phi) is 5.19. The molecule has 25 heavy (non-hydrogen) atoms. The molecule has 0 amide bonds. The van der Waals surface area contributed by atoms with Gasteiger partial charge in [0.25, 0.3) is 0 Å². The van der Waals surface area contributed by atoms with E-state index in [0.717, 1.165) is 35.1 Å². The minimum atomic E-state index is -3.56. The minimum absolute atomic E-state index is 0.0723. The van der Waals surface area contributed by atoms with Crippen molar-refractivity contribution >= 4 is 10.0 Å². The van der Waals surface area contributed by atoms with E-state index in [-0.39, 0.29) is 17.1 Å². The van der Waals surface area contributed by atoms with Gasteiger partial charge < -0.3 is 5.32 Å². The second-order valence-corrected chi connectivity index (χ2v) is 10.7. The van der Waals surface area contributed by atoms with Gasteiger partial charge in [0.2, 0.25) is 10.0 Å². The Morgan fingerprint density at radius 2 is 1.16 bits per heavy atom. The summed E-state index contributed by atoms with van der Waals surface area (Å²) in [6, 6.07) is -0.0723. The van der Waals surface area contributed by atoms with E-state index in [0.29, 0.717) is 4.90 Å². The maximum absolute atomic E-state index is 13.2. The van der Waals surface area contributed by atoms with Crippen LogP contribution in [0.25, 0.3) is 0 Å². The third kappa shape index (κ3) is 4.09. The van der Waals surface area contributed by atoms with Crippen LogP contribution in [0.15, 0.2) is 4.90 Å². The molecule has 0 unspecified atom stereocenters. The van der Waals surface area contributed by atoms with E-state index in [2.05, 4.69) is 44.7 Å². The highest BCUT2D eigenvalue weighted by Gasteiger charge is 2.39. The van der Waals surface area contributed by atoms with Crippen molar-refractivity contribution < 1.29 is 8.42 Å². The van der Waals surface area contributed by atoms with Crippen molar-refractivity contribution in [3.8, 4) is 0 Å². The third-order valence-electron chi connectivity index (χ3n) is 5.71. The van der Waals surface area contributed by atoms with Crippen LogP contribution in [0.3, 0.4) is 0 Å². The van der Waals surface area contributed by atoms with Gasteiger partial charge in [-0.3, -0.25) is 0 Å². The predicted molar refractivity (Wildman–Crippen MR) is 105 cm³/mol. The fraction of sp³-hybridized carbons (Fsp3) is 0.700. The van der Waals surface area contributed by atoms with Crippen LogP contribution in [-0.4, -0.2) is 25.5 Å². The fourth-order valence-electron chi connectivity index (χ4n) is 4.55. The van der Waals surface area contributed by atoms with E-state index < -0.39 is 10.0 Å². The smallest absolute Gasteiger partial charge is 0.241 e. The second-order valence-electron chi connectivity index (χ2n) is 9.07. The Hall–Kier alpha value is -0.910. The molecular formula is C20H34N2O2S. The summed E-state index contributed by atoms with van der Waals surface area (Å²) in [4.78, 5) is 0.460. The Labute approximate surface area is 153 Å². The molecule has 0 aliphatic carbocycles. The van der Waals surface area contributed by atoms with Crippen LogP contribution in [-0.2, 0) is 10.0 Å². The number of rotatable bonds is 3. The molecule has 0 spiro atoms. The Morgan fingerprint density at radius 3 is 1.56 bits per heavy atom. The first kappa shape index (κ1) is 20.4. The molecule has 0 atom stereocenters. The Morgan fingerprint density at radius 1 is 0.800 bits per heavy atom. The van der Waals surface area contributed by atoms with Gasteiger partial charge in [-0.1, -0.05) is 0 Å². The molecule has 4 nitrogen and oxygen atoms in total. The molecule has 0 radical (unpaired) electrons. The molecule has 1 fully saturated rings. The van der Waals surface area contributed by atoms with Crippen molar-refractivity contribution in [1.29, 1.82) is 0 Å². The molecule has 1 aliphatic heterocycles. The zero-order chi connectivity index (χ0) is 19.4. The highest BCUT2D eigenvalue weighted by atomic mass is 32.2. The summed E-state index contributed by atoms with van der Waals surface area (Å²) in [6.07, 6.45) is 1.55.